The average molecular weight is 1480 g/mol. The molecule has 10 nitrogen and oxygen atoms in total. The van der Waals surface area contributed by atoms with Crippen LogP contribution in [0, 0.1) is 0 Å². The number of fused-ring (bicyclic) bond motifs is 4. The third-order valence-corrected chi connectivity index (χ3v) is 24.4. The quantitative estimate of drug-likeness (QED) is 0.126. The topological polar surface area (TPSA) is 113 Å². The molecule has 6 heterocycles. The van der Waals surface area contributed by atoms with E-state index in [-0.39, 0.29) is 0 Å². The summed E-state index contributed by atoms with van der Waals surface area (Å²) in [5.74, 6) is 3.61. The molecule has 0 bridgehead atoms. The maximum atomic E-state index is 7.24. The number of benzene rings is 18. The van der Waals surface area contributed by atoms with Crippen LogP contribution in [0.3, 0.4) is 0 Å². The zero-order valence-electron chi connectivity index (χ0n) is 61.9. The van der Waals surface area contributed by atoms with E-state index in [9.17, 15) is 0 Å². The number of aromatic nitrogens is 8. The highest BCUT2D eigenvalue weighted by Crippen LogP contribution is 2.55. The second-order valence-electron chi connectivity index (χ2n) is 30.7. The lowest BCUT2D eigenvalue weighted by Crippen LogP contribution is -2.01. The predicted molar refractivity (Wildman–Crippen MR) is 473 cm³/mol. The molecule has 0 unspecified atom stereocenters. The normalized spacial score (nSPS) is 12.3. The first-order chi connectivity index (χ1) is 57.5. The van der Waals surface area contributed by atoms with Crippen molar-refractivity contribution in [1.82, 2.24) is 39.0 Å². The van der Waals surface area contributed by atoms with Crippen LogP contribution in [0.4, 0.5) is 0 Å². The Morgan fingerprint density at radius 3 is 1.19 bits per heavy atom. The molecular formula is C106H58N8O2. The molecule has 0 atom stereocenters. The fourth-order valence-electron chi connectivity index (χ4n) is 19.3. The summed E-state index contributed by atoms with van der Waals surface area (Å²) in [6.07, 6.45) is 0. The van der Waals surface area contributed by atoms with E-state index in [0.29, 0.717) is 34.9 Å². The summed E-state index contributed by atoms with van der Waals surface area (Å²) in [5, 5.41) is 18.7. The standard InChI is InChI=1S/C106H58N8O2/c1-4-17-59(18-5-1)81-57-67-23-10-11-24-68(67)58-82(81)106-111-102(63-21-8-3-9-22-63)108-104(112-106)65-37-46-73(47-38-65)114-84-33-15-29-77-79-50-49-75(100-95(79)99-89(116-100)54-43-61-41-52-86(114)97(91(61)99)93(77)84)71-26-12-25-66(55-71)69-39-48-74-70(56-69)27-13-31-80(74)105-109-101(62-19-6-2-7-20-62)107-103(110-105)64-35-44-72(45-36-64)113-83-32-14-28-76-78-30-16-34-87-94(78)98-88(115-87)53-42-60-40-51-85(113)96(90(60)98)92(76)83/h1-58H. The third kappa shape index (κ3) is 9.11. The molecule has 10 heteroatoms. The molecule has 0 saturated carbocycles. The van der Waals surface area contributed by atoms with Gasteiger partial charge in [-0.1, -0.05) is 231 Å². The van der Waals surface area contributed by atoms with Gasteiger partial charge < -0.3 is 18.0 Å². The van der Waals surface area contributed by atoms with Crippen LogP contribution in [-0.4, -0.2) is 39.0 Å². The molecule has 2 aliphatic carbocycles. The van der Waals surface area contributed by atoms with Gasteiger partial charge in [-0.25, -0.2) is 29.9 Å². The minimum Gasteiger partial charge on any atom is -0.456 e. The summed E-state index contributed by atoms with van der Waals surface area (Å²) in [6.45, 7) is 0. The summed E-state index contributed by atoms with van der Waals surface area (Å²) < 4.78 is 18.6. The van der Waals surface area contributed by atoms with E-state index in [4.69, 9.17) is 38.7 Å². The fourth-order valence-corrected chi connectivity index (χ4v) is 19.3. The van der Waals surface area contributed by atoms with E-state index in [0.717, 1.165) is 166 Å². The molecule has 0 fully saturated rings. The largest absolute Gasteiger partial charge is 0.456 e. The Balaban J connectivity index is 0.550. The summed E-state index contributed by atoms with van der Waals surface area (Å²) in [4.78, 5) is 31.7. The first-order valence-corrected chi connectivity index (χ1v) is 39.3. The van der Waals surface area contributed by atoms with E-state index in [1.165, 1.54) is 65.2 Å². The van der Waals surface area contributed by atoms with Crippen molar-refractivity contribution in [1.29, 1.82) is 0 Å². The van der Waals surface area contributed by atoms with Gasteiger partial charge in [0.15, 0.2) is 34.9 Å². The van der Waals surface area contributed by atoms with Crippen LogP contribution in [0.1, 0.15) is 0 Å². The van der Waals surface area contributed by atoms with Crippen molar-refractivity contribution in [3.8, 4) is 135 Å². The molecule has 2 aliphatic rings. The van der Waals surface area contributed by atoms with Crippen molar-refractivity contribution >= 4 is 131 Å². The molecule has 0 radical (unpaired) electrons. The highest BCUT2D eigenvalue weighted by atomic mass is 16.3. The molecule has 0 saturated heterocycles. The van der Waals surface area contributed by atoms with Gasteiger partial charge in [0.2, 0.25) is 0 Å². The molecule has 0 N–H and O–H groups in total. The second kappa shape index (κ2) is 23.9. The van der Waals surface area contributed by atoms with Gasteiger partial charge in [0.25, 0.3) is 0 Å². The van der Waals surface area contributed by atoms with Gasteiger partial charge in [-0.2, -0.15) is 0 Å². The van der Waals surface area contributed by atoms with Crippen molar-refractivity contribution in [3.63, 3.8) is 0 Å². The Morgan fingerprint density at radius 2 is 0.586 bits per heavy atom. The number of rotatable bonds is 11. The lowest BCUT2D eigenvalue weighted by atomic mass is 9.92. The Labute approximate surface area is 661 Å². The summed E-state index contributed by atoms with van der Waals surface area (Å²) in [6, 6.07) is 126. The lowest BCUT2D eigenvalue weighted by Gasteiger charge is -2.14. The van der Waals surface area contributed by atoms with Crippen molar-refractivity contribution in [2.24, 2.45) is 0 Å². The monoisotopic (exact) mass is 1470 g/mol. The van der Waals surface area contributed by atoms with Crippen LogP contribution in [0.15, 0.2) is 361 Å². The van der Waals surface area contributed by atoms with E-state index in [2.05, 4.69) is 325 Å². The predicted octanol–water partition coefficient (Wildman–Crippen LogP) is 27.6. The first kappa shape index (κ1) is 62.9. The highest BCUT2D eigenvalue weighted by molar-refractivity contribution is 6.40. The van der Waals surface area contributed by atoms with Crippen LogP contribution in [0.5, 0.6) is 0 Å². The van der Waals surface area contributed by atoms with E-state index >= 15 is 0 Å². The molecule has 0 amide bonds. The van der Waals surface area contributed by atoms with Gasteiger partial charge in [-0.3, -0.25) is 0 Å². The van der Waals surface area contributed by atoms with Crippen LogP contribution in [-0.2, 0) is 0 Å². The summed E-state index contributed by atoms with van der Waals surface area (Å²) >= 11 is 0. The minimum atomic E-state index is 0.592. The summed E-state index contributed by atoms with van der Waals surface area (Å²) in [5.41, 5.74) is 26.8. The van der Waals surface area contributed by atoms with Gasteiger partial charge in [0, 0.05) is 104 Å². The Bertz CT molecular complexity index is 8430. The second-order valence-corrected chi connectivity index (χ2v) is 30.7. The minimum absolute atomic E-state index is 0.592. The molecule has 6 aromatic heterocycles. The van der Waals surface area contributed by atoms with Gasteiger partial charge in [0.1, 0.15) is 22.3 Å². The van der Waals surface area contributed by atoms with Crippen molar-refractivity contribution in [2.45, 2.75) is 0 Å². The van der Waals surface area contributed by atoms with Crippen LogP contribution < -0.4 is 0 Å². The zero-order chi connectivity index (χ0) is 75.5. The molecule has 24 aromatic rings. The summed E-state index contributed by atoms with van der Waals surface area (Å²) in [7, 11) is 0. The first-order valence-electron chi connectivity index (χ1n) is 39.3. The van der Waals surface area contributed by atoms with Gasteiger partial charge >= 0.3 is 0 Å². The van der Waals surface area contributed by atoms with Gasteiger partial charge in [-0.15, -0.1) is 0 Å². The maximum absolute atomic E-state index is 7.24. The van der Waals surface area contributed by atoms with Gasteiger partial charge in [0.05, 0.1) is 22.1 Å². The molecular weight excluding hydrogens is 1420 g/mol. The SMILES string of the molecule is c1ccc(-c2nc(-c3ccc(-n4c5cccc6c5c5c7c(ccc8oc9c(-c%10cccc(-c%11ccc%12c(-c%13nc(-c%14ccccc%14)nc(-c%14ccc(-n%15c%16cccc%17c%16c%16c%18c(ccc%19oc%20cccc-%17c%20c%19%18)ccc%16%15)cc%14)n%13)cccc%12c%11)c%10)ccc-6c9c87)ccc54)cc3)nc(-c3cc4ccccc4cc3-c3ccccc3)n2)cc1. The fraction of sp³-hybridized carbons (Fsp3) is 0. The number of hydrogen-bond donors (Lipinski definition) is 0. The number of nitrogens with zero attached hydrogens (tertiary/aromatic N) is 8. The van der Waals surface area contributed by atoms with Crippen LogP contribution in [0.25, 0.3) is 266 Å². The molecule has 0 spiro atoms. The van der Waals surface area contributed by atoms with E-state index in [1.54, 1.807) is 0 Å². The maximum Gasteiger partial charge on any atom is 0.164 e. The zero-order valence-corrected chi connectivity index (χ0v) is 61.9. The number of furan rings is 2. The molecule has 18 aromatic carbocycles. The number of hydrogen-bond acceptors (Lipinski definition) is 8. The third-order valence-electron chi connectivity index (χ3n) is 24.4. The van der Waals surface area contributed by atoms with Crippen LogP contribution >= 0.6 is 0 Å². The van der Waals surface area contributed by atoms with Crippen LogP contribution in [0.2, 0.25) is 0 Å². The molecule has 116 heavy (non-hydrogen) atoms. The molecule has 534 valence electrons. The van der Waals surface area contributed by atoms with Gasteiger partial charge in [-0.05, 0) is 204 Å². The Hall–Kier alpha value is -15.8. The van der Waals surface area contributed by atoms with Crippen molar-refractivity contribution in [2.75, 3.05) is 0 Å². The van der Waals surface area contributed by atoms with Crippen molar-refractivity contribution < 1.29 is 8.83 Å². The Morgan fingerprint density at radius 1 is 0.181 bits per heavy atom. The van der Waals surface area contributed by atoms with E-state index < -0.39 is 0 Å². The van der Waals surface area contributed by atoms with Crippen molar-refractivity contribution in [3.05, 3.63) is 352 Å². The smallest absolute Gasteiger partial charge is 0.164 e. The molecule has 26 rings (SSSR count). The molecule has 0 aliphatic heterocycles. The Kier molecular flexibility index (Phi) is 13.0. The lowest BCUT2D eigenvalue weighted by molar-refractivity contribution is 0.669. The highest BCUT2D eigenvalue weighted by Gasteiger charge is 2.31. The van der Waals surface area contributed by atoms with E-state index in [1.807, 2.05) is 36.4 Å². The average Bonchev–Trinajstić information content (AvgIpc) is 1.53.